The van der Waals surface area contributed by atoms with Gasteiger partial charge in [0.1, 0.15) is 0 Å². The zero-order valence-corrected chi connectivity index (χ0v) is 12.7. The molecule has 1 aliphatic heterocycles. The molecule has 1 aromatic rings. The summed E-state index contributed by atoms with van der Waals surface area (Å²) in [7, 11) is 0. The second kappa shape index (κ2) is 5.85. The average Bonchev–Trinajstić information content (AvgIpc) is 2.91. The summed E-state index contributed by atoms with van der Waals surface area (Å²) in [6, 6.07) is 5.04. The van der Waals surface area contributed by atoms with E-state index in [0.717, 1.165) is 18.5 Å². The number of carbonyl (C=O) groups excluding carboxylic acids is 1. The molecule has 1 heterocycles. The predicted molar refractivity (Wildman–Crippen MR) is 81.5 cm³/mol. The molecule has 1 atom stereocenters. The molecule has 21 heavy (non-hydrogen) atoms. The molecule has 1 aromatic carbocycles. The van der Waals surface area contributed by atoms with E-state index in [2.05, 4.69) is 10.6 Å². The minimum atomic E-state index is -1.03. The van der Waals surface area contributed by atoms with E-state index in [4.69, 9.17) is 0 Å². The van der Waals surface area contributed by atoms with Gasteiger partial charge in [-0.3, -0.25) is 4.79 Å². The summed E-state index contributed by atoms with van der Waals surface area (Å²) in [6.45, 7) is 7.32. The first kappa shape index (κ1) is 15.5. The highest BCUT2D eigenvalue weighted by atomic mass is 16.4. The maximum atomic E-state index is 12.7. The first-order valence-corrected chi connectivity index (χ1v) is 7.23. The van der Waals surface area contributed by atoms with Gasteiger partial charge >= 0.3 is 5.97 Å². The summed E-state index contributed by atoms with van der Waals surface area (Å²) >= 11 is 0. The fourth-order valence-corrected chi connectivity index (χ4v) is 2.85. The van der Waals surface area contributed by atoms with Crippen molar-refractivity contribution in [3.63, 3.8) is 0 Å². The molecule has 1 amide bonds. The Kier molecular flexibility index (Phi) is 4.32. The summed E-state index contributed by atoms with van der Waals surface area (Å²) < 4.78 is 0. The number of anilines is 1. The number of carboxylic acids is 1. The zero-order valence-electron chi connectivity index (χ0n) is 12.7. The Balaban J connectivity index is 2.29. The van der Waals surface area contributed by atoms with Gasteiger partial charge in [0.25, 0.3) is 0 Å². The minimum Gasteiger partial charge on any atom is -0.478 e. The van der Waals surface area contributed by atoms with E-state index in [-0.39, 0.29) is 17.4 Å². The quantitative estimate of drug-likeness (QED) is 0.795. The Bertz CT molecular complexity index is 561. The normalized spacial score (nSPS) is 21.5. The van der Waals surface area contributed by atoms with Crippen molar-refractivity contribution in [2.24, 2.45) is 11.3 Å². The molecule has 0 aromatic heterocycles. The van der Waals surface area contributed by atoms with Crippen LogP contribution in [0, 0.1) is 18.3 Å². The molecule has 1 fully saturated rings. The van der Waals surface area contributed by atoms with Crippen LogP contribution in [0.5, 0.6) is 0 Å². The molecule has 2 rings (SSSR count). The molecule has 5 heteroatoms. The standard InChI is InChI=1S/C16H22N2O3/c1-10(2)16(6-7-17-9-16)15(21)18-13-5-4-11(3)8-12(13)14(19)20/h4-5,8,10,17H,6-7,9H2,1-3H3,(H,18,21)(H,19,20). The van der Waals surface area contributed by atoms with Gasteiger partial charge in [0, 0.05) is 6.54 Å². The van der Waals surface area contributed by atoms with E-state index in [1.54, 1.807) is 18.2 Å². The summed E-state index contributed by atoms with van der Waals surface area (Å²) in [5, 5.41) is 15.3. The van der Waals surface area contributed by atoms with Crippen LogP contribution in [0.4, 0.5) is 5.69 Å². The van der Waals surface area contributed by atoms with E-state index in [1.807, 2.05) is 20.8 Å². The van der Waals surface area contributed by atoms with Gasteiger partial charge in [-0.1, -0.05) is 25.5 Å². The summed E-state index contributed by atoms with van der Waals surface area (Å²) in [4.78, 5) is 24.0. The lowest BCUT2D eigenvalue weighted by Gasteiger charge is -2.31. The molecule has 0 saturated carbocycles. The molecule has 1 unspecified atom stereocenters. The fourth-order valence-electron chi connectivity index (χ4n) is 2.85. The Labute approximate surface area is 124 Å². The van der Waals surface area contributed by atoms with Gasteiger partial charge < -0.3 is 15.7 Å². The van der Waals surface area contributed by atoms with Crippen LogP contribution in [0.3, 0.4) is 0 Å². The van der Waals surface area contributed by atoms with Crippen molar-refractivity contribution in [3.05, 3.63) is 29.3 Å². The van der Waals surface area contributed by atoms with Gasteiger partial charge in [-0.2, -0.15) is 0 Å². The van der Waals surface area contributed by atoms with Crippen molar-refractivity contribution in [3.8, 4) is 0 Å². The molecule has 1 saturated heterocycles. The van der Waals surface area contributed by atoms with Crippen LogP contribution in [-0.2, 0) is 4.79 Å². The maximum Gasteiger partial charge on any atom is 0.337 e. The molecule has 5 nitrogen and oxygen atoms in total. The number of aromatic carboxylic acids is 1. The largest absolute Gasteiger partial charge is 0.478 e. The molecule has 1 aliphatic rings. The lowest BCUT2D eigenvalue weighted by molar-refractivity contribution is -0.126. The second-order valence-corrected chi connectivity index (χ2v) is 6.05. The van der Waals surface area contributed by atoms with Crippen LogP contribution in [0.25, 0.3) is 0 Å². The average molecular weight is 290 g/mol. The summed E-state index contributed by atoms with van der Waals surface area (Å²) in [6.07, 6.45) is 0.769. The predicted octanol–water partition coefficient (Wildman–Crippen LogP) is 2.27. The third-order valence-electron chi connectivity index (χ3n) is 4.40. The topological polar surface area (TPSA) is 78.4 Å². The molecule has 3 N–H and O–H groups in total. The van der Waals surface area contributed by atoms with Gasteiger partial charge in [-0.05, 0) is 37.9 Å². The molecule has 114 valence electrons. The lowest BCUT2D eigenvalue weighted by Crippen LogP contribution is -2.42. The molecule has 0 bridgehead atoms. The second-order valence-electron chi connectivity index (χ2n) is 6.05. The number of benzene rings is 1. The number of rotatable bonds is 4. The van der Waals surface area contributed by atoms with Crippen LogP contribution in [-0.4, -0.2) is 30.1 Å². The van der Waals surface area contributed by atoms with Gasteiger partial charge in [0.05, 0.1) is 16.7 Å². The summed E-state index contributed by atoms with van der Waals surface area (Å²) in [5.74, 6) is -0.947. The van der Waals surface area contributed by atoms with Crippen molar-refractivity contribution >= 4 is 17.6 Å². The highest BCUT2D eigenvalue weighted by Crippen LogP contribution is 2.35. The smallest absolute Gasteiger partial charge is 0.337 e. The third kappa shape index (κ3) is 2.93. The van der Waals surface area contributed by atoms with E-state index in [0.29, 0.717) is 12.2 Å². The number of hydrogen-bond acceptors (Lipinski definition) is 3. The Morgan fingerprint density at radius 3 is 2.62 bits per heavy atom. The lowest BCUT2D eigenvalue weighted by atomic mass is 9.75. The number of aryl methyl sites for hydroxylation is 1. The van der Waals surface area contributed by atoms with Crippen molar-refractivity contribution < 1.29 is 14.7 Å². The zero-order chi connectivity index (χ0) is 15.6. The molecular formula is C16H22N2O3. The van der Waals surface area contributed by atoms with Crippen molar-refractivity contribution in [2.45, 2.75) is 27.2 Å². The van der Waals surface area contributed by atoms with Crippen LogP contribution < -0.4 is 10.6 Å². The Hall–Kier alpha value is -1.88. The molecule has 0 aliphatic carbocycles. The van der Waals surface area contributed by atoms with Crippen LogP contribution >= 0.6 is 0 Å². The highest BCUT2D eigenvalue weighted by Gasteiger charge is 2.44. The van der Waals surface area contributed by atoms with Crippen LogP contribution in [0.15, 0.2) is 18.2 Å². The Morgan fingerprint density at radius 1 is 1.38 bits per heavy atom. The van der Waals surface area contributed by atoms with Crippen LogP contribution in [0.1, 0.15) is 36.2 Å². The van der Waals surface area contributed by atoms with Crippen LogP contribution in [0.2, 0.25) is 0 Å². The van der Waals surface area contributed by atoms with Crippen molar-refractivity contribution in [1.29, 1.82) is 0 Å². The molecule has 0 radical (unpaired) electrons. The van der Waals surface area contributed by atoms with Gasteiger partial charge in [0.15, 0.2) is 0 Å². The minimum absolute atomic E-state index is 0.103. The number of amides is 1. The van der Waals surface area contributed by atoms with Gasteiger partial charge in [0.2, 0.25) is 5.91 Å². The number of hydrogen-bond donors (Lipinski definition) is 3. The maximum absolute atomic E-state index is 12.7. The summed E-state index contributed by atoms with van der Waals surface area (Å²) in [5.41, 5.74) is 0.880. The highest BCUT2D eigenvalue weighted by molar-refractivity contribution is 6.02. The first-order chi connectivity index (χ1) is 9.86. The van der Waals surface area contributed by atoms with Gasteiger partial charge in [-0.15, -0.1) is 0 Å². The van der Waals surface area contributed by atoms with Crippen molar-refractivity contribution in [1.82, 2.24) is 5.32 Å². The van der Waals surface area contributed by atoms with E-state index >= 15 is 0 Å². The first-order valence-electron chi connectivity index (χ1n) is 7.23. The fraction of sp³-hybridized carbons (Fsp3) is 0.500. The SMILES string of the molecule is Cc1ccc(NC(=O)C2(C(C)C)CCNC2)c(C(=O)O)c1. The van der Waals surface area contributed by atoms with E-state index < -0.39 is 11.4 Å². The third-order valence-corrected chi connectivity index (χ3v) is 4.40. The number of carboxylic acid groups (broad SMARTS) is 1. The van der Waals surface area contributed by atoms with Gasteiger partial charge in [-0.25, -0.2) is 4.79 Å². The molecular weight excluding hydrogens is 268 g/mol. The monoisotopic (exact) mass is 290 g/mol. The number of carbonyl (C=O) groups is 2. The van der Waals surface area contributed by atoms with E-state index in [9.17, 15) is 14.7 Å². The Morgan fingerprint density at radius 2 is 2.10 bits per heavy atom. The number of nitrogens with one attached hydrogen (secondary N) is 2. The van der Waals surface area contributed by atoms with Crippen molar-refractivity contribution in [2.75, 3.05) is 18.4 Å². The van der Waals surface area contributed by atoms with E-state index in [1.165, 1.54) is 0 Å². The molecule has 0 spiro atoms.